The monoisotopic (exact) mass is 252 g/mol. The number of carbonyl (C=O) groups is 1. The third kappa shape index (κ3) is 2.18. The van der Waals surface area contributed by atoms with Gasteiger partial charge in [0.15, 0.2) is 12.0 Å². The summed E-state index contributed by atoms with van der Waals surface area (Å²) in [6, 6.07) is 0. The van der Waals surface area contributed by atoms with Crippen molar-refractivity contribution in [2.75, 3.05) is 6.61 Å². The van der Waals surface area contributed by atoms with Crippen LogP contribution in [0.4, 0.5) is 0 Å². The normalized spacial score (nSPS) is 23.3. The minimum atomic E-state index is -0.987. The molecule has 1 aliphatic heterocycles. The van der Waals surface area contributed by atoms with Gasteiger partial charge in [-0.05, 0) is 19.1 Å². The summed E-state index contributed by atoms with van der Waals surface area (Å²) < 4.78 is 6.42. The second kappa shape index (κ2) is 4.71. The van der Waals surface area contributed by atoms with Gasteiger partial charge in [-0.25, -0.2) is 4.79 Å². The zero-order valence-electron chi connectivity index (χ0n) is 9.62. The molecular weight excluding hydrogens is 240 g/mol. The molecule has 18 heavy (non-hydrogen) atoms. The molecule has 1 aliphatic rings. The van der Waals surface area contributed by atoms with Crippen LogP contribution in [-0.4, -0.2) is 33.2 Å². The van der Waals surface area contributed by atoms with Gasteiger partial charge in [0.25, 0.3) is 5.56 Å². The van der Waals surface area contributed by atoms with E-state index in [1.807, 2.05) is 0 Å². The summed E-state index contributed by atoms with van der Waals surface area (Å²) in [6.07, 6.45) is 2.19. The molecule has 2 N–H and O–H groups in total. The molecule has 2 rings (SSSR count). The molecule has 7 heteroatoms. The number of H-pyrrole nitrogens is 1. The Morgan fingerprint density at radius 3 is 2.83 bits per heavy atom. The van der Waals surface area contributed by atoms with Crippen molar-refractivity contribution in [2.45, 2.75) is 19.3 Å². The maximum Gasteiger partial charge on any atom is 0.330 e. The fraction of sp³-hybridized carbons (Fsp3) is 0.364. The van der Waals surface area contributed by atoms with Gasteiger partial charge in [0.1, 0.15) is 6.10 Å². The van der Waals surface area contributed by atoms with Crippen LogP contribution >= 0.6 is 0 Å². The molecule has 0 saturated carbocycles. The number of nitrogens with zero attached hydrogens (tertiary/aromatic N) is 1. The van der Waals surface area contributed by atoms with Crippen LogP contribution in [0.15, 0.2) is 27.9 Å². The lowest BCUT2D eigenvalue weighted by molar-refractivity contribution is -0.137. The molecular formula is C11H12N2O5. The summed E-state index contributed by atoms with van der Waals surface area (Å²) in [5.41, 5.74) is -0.749. The summed E-state index contributed by atoms with van der Waals surface area (Å²) in [7, 11) is 0. The van der Waals surface area contributed by atoms with Crippen molar-refractivity contribution in [3.8, 4) is 0 Å². The molecule has 0 amide bonds. The highest BCUT2D eigenvalue weighted by Crippen LogP contribution is 2.16. The summed E-state index contributed by atoms with van der Waals surface area (Å²) >= 11 is 0. The SMILES string of the molecule is Cc1cn([C@@H]2C=CC(=O)[C@@H](CO)O2)c(=O)[nH]c1=O. The quantitative estimate of drug-likeness (QED) is 0.692. The van der Waals surface area contributed by atoms with Gasteiger partial charge < -0.3 is 9.84 Å². The highest BCUT2D eigenvalue weighted by atomic mass is 16.5. The molecule has 0 radical (unpaired) electrons. The van der Waals surface area contributed by atoms with Gasteiger partial charge in [-0.2, -0.15) is 0 Å². The van der Waals surface area contributed by atoms with Crippen molar-refractivity contribution in [3.05, 3.63) is 44.8 Å². The van der Waals surface area contributed by atoms with Crippen molar-refractivity contribution in [2.24, 2.45) is 0 Å². The Morgan fingerprint density at radius 1 is 1.44 bits per heavy atom. The first-order valence-corrected chi connectivity index (χ1v) is 5.33. The number of aliphatic hydroxyl groups excluding tert-OH is 1. The van der Waals surface area contributed by atoms with E-state index in [2.05, 4.69) is 4.98 Å². The maximum absolute atomic E-state index is 11.6. The summed E-state index contributed by atoms with van der Waals surface area (Å²) in [5, 5.41) is 8.97. The standard InChI is InChI=1S/C11H12N2O5/c1-6-4-13(11(17)12-10(6)16)9-3-2-7(15)8(5-14)18-9/h2-4,8-9,14H,5H2,1H3,(H,12,16,17)/t8-,9+/m1/s1. The number of hydrogen-bond acceptors (Lipinski definition) is 5. The number of carbonyl (C=O) groups excluding carboxylic acids is 1. The van der Waals surface area contributed by atoms with Gasteiger partial charge in [0.2, 0.25) is 0 Å². The number of ether oxygens (including phenoxy) is 1. The lowest BCUT2D eigenvalue weighted by atomic mass is 10.2. The first kappa shape index (κ1) is 12.5. The molecule has 0 unspecified atom stereocenters. The molecule has 0 aliphatic carbocycles. The van der Waals surface area contributed by atoms with Gasteiger partial charge in [0.05, 0.1) is 6.61 Å². The Morgan fingerprint density at radius 2 is 2.17 bits per heavy atom. The van der Waals surface area contributed by atoms with E-state index in [1.165, 1.54) is 18.3 Å². The van der Waals surface area contributed by atoms with E-state index in [0.29, 0.717) is 5.56 Å². The Kier molecular flexibility index (Phi) is 3.26. The van der Waals surface area contributed by atoms with Crippen molar-refractivity contribution in [1.82, 2.24) is 9.55 Å². The minimum Gasteiger partial charge on any atom is -0.393 e. The lowest BCUT2D eigenvalue weighted by Gasteiger charge is -2.24. The molecule has 0 bridgehead atoms. The number of rotatable bonds is 2. The second-order valence-corrected chi connectivity index (χ2v) is 3.94. The first-order valence-electron chi connectivity index (χ1n) is 5.33. The second-order valence-electron chi connectivity index (χ2n) is 3.94. The molecule has 0 aromatic carbocycles. The fourth-order valence-corrected chi connectivity index (χ4v) is 1.63. The van der Waals surface area contributed by atoms with Crippen LogP contribution in [0.2, 0.25) is 0 Å². The van der Waals surface area contributed by atoms with Gasteiger partial charge in [0, 0.05) is 11.8 Å². The lowest BCUT2D eigenvalue weighted by Crippen LogP contribution is -2.39. The predicted molar refractivity (Wildman–Crippen MR) is 61.2 cm³/mol. The molecule has 1 aromatic heterocycles. The smallest absolute Gasteiger partial charge is 0.330 e. The van der Waals surface area contributed by atoms with Crippen LogP contribution < -0.4 is 11.2 Å². The van der Waals surface area contributed by atoms with Crippen molar-refractivity contribution < 1.29 is 14.6 Å². The third-order valence-corrected chi connectivity index (χ3v) is 2.63. The zero-order chi connectivity index (χ0) is 13.3. The van der Waals surface area contributed by atoms with Crippen molar-refractivity contribution >= 4 is 5.78 Å². The summed E-state index contributed by atoms with van der Waals surface area (Å²) in [5.74, 6) is -0.358. The number of aryl methyl sites for hydroxylation is 1. The van der Waals surface area contributed by atoms with E-state index in [0.717, 1.165) is 4.57 Å². The number of ketones is 1. The van der Waals surface area contributed by atoms with Crippen LogP contribution in [0.1, 0.15) is 11.8 Å². The Labute approximate surface area is 101 Å². The molecule has 96 valence electrons. The zero-order valence-corrected chi connectivity index (χ0v) is 9.62. The average Bonchev–Trinajstić information content (AvgIpc) is 2.35. The van der Waals surface area contributed by atoms with E-state index < -0.39 is 30.2 Å². The summed E-state index contributed by atoms with van der Waals surface area (Å²) in [6.45, 7) is 1.09. The highest BCUT2D eigenvalue weighted by molar-refractivity contribution is 5.94. The predicted octanol–water partition coefficient (Wildman–Crippen LogP) is -1.14. The van der Waals surface area contributed by atoms with E-state index in [9.17, 15) is 14.4 Å². The van der Waals surface area contributed by atoms with Gasteiger partial charge >= 0.3 is 5.69 Å². The van der Waals surface area contributed by atoms with Crippen molar-refractivity contribution in [1.29, 1.82) is 0 Å². The fourth-order valence-electron chi connectivity index (χ4n) is 1.63. The van der Waals surface area contributed by atoms with Crippen molar-refractivity contribution in [3.63, 3.8) is 0 Å². The molecule has 0 fully saturated rings. The molecule has 0 saturated heterocycles. The van der Waals surface area contributed by atoms with E-state index in [4.69, 9.17) is 9.84 Å². The molecule has 2 atom stereocenters. The van der Waals surface area contributed by atoms with Crippen LogP contribution in [0.25, 0.3) is 0 Å². The van der Waals surface area contributed by atoms with Crippen LogP contribution in [0, 0.1) is 6.92 Å². The molecule has 0 spiro atoms. The first-order chi connectivity index (χ1) is 8.52. The van der Waals surface area contributed by atoms with Crippen LogP contribution in [-0.2, 0) is 9.53 Å². The number of nitrogens with one attached hydrogen (secondary N) is 1. The number of hydrogen-bond donors (Lipinski definition) is 2. The minimum absolute atomic E-state index is 0.351. The molecule has 1 aromatic rings. The van der Waals surface area contributed by atoms with Gasteiger partial charge in [-0.1, -0.05) is 0 Å². The molecule has 7 nitrogen and oxygen atoms in total. The molecule has 2 heterocycles. The Hall–Kier alpha value is -1.99. The van der Waals surface area contributed by atoms with Gasteiger partial charge in [-0.3, -0.25) is 19.1 Å². The number of aliphatic hydroxyl groups is 1. The number of aromatic nitrogens is 2. The Balaban J connectivity index is 2.42. The largest absolute Gasteiger partial charge is 0.393 e. The topological polar surface area (TPSA) is 101 Å². The highest BCUT2D eigenvalue weighted by Gasteiger charge is 2.26. The van der Waals surface area contributed by atoms with Crippen LogP contribution in [0.5, 0.6) is 0 Å². The summed E-state index contributed by atoms with van der Waals surface area (Å²) in [4.78, 5) is 36.3. The van der Waals surface area contributed by atoms with E-state index in [-0.39, 0.29) is 5.78 Å². The van der Waals surface area contributed by atoms with Crippen LogP contribution in [0.3, 0.4) is 0 Å². The average molecular weight is 252 g/mol. The van der Waals surface area contributed by atoms with E-state index in [1.54, 1.807) is 6.92 Å². The van der Waals surface area contributed by atoms with E-state index >= 15 is 0 Å². The Bertz CT molecular complexity index is 613. The maximum atomic E-state index is 11.6. The number of aromatic amines is 1. The third-order valence-electron chi connectivity index (χ3n) is 2.63. The van der Waals surface area contributed by atoms with Gasteiger partial charge in [-0.15, -0.1) is 0 Å².